The first-order chi connectivity index (χ1) is 6.20. The number of thiol groups is 1. The Labute approximate surface area is 81.3 Å². The molecule has 0 saturated heterocycles. The van der Waals surface area contributed by atoms with E-state index < -0.39 is 0 Å². The van der Waals surface area contributed by atoms with Gasteiger partial charge in [-0.3, -0.25) is 4.79 Å². The lowest BCUT2D eigenvalue weighted by Crippen LogP contribution is -2.31. The van der Waals surface area contributed by atoms with Gasteiger partial charge in [0.15, 0.2) is 6.33 Å². The lowest BCUT2D eigenvalue weighted by Gasteiger charge is -2.04. The van der Waals surface area contributed by atoms with Crippen molar-refractivity contribution in [3.63, 3.8) is 0 Å². The minimum absolute atomic E-state index is 0.0946. The quantitative estimate of drug-likeness (QED) is 0.675. The van der Waals surface area contributed by atoms with Gasteiger partial charge in [0.05, 0.1) is 5.25 Å². The molecule has 1 N–H and O–H groups in total. The van der Waals surface area contributed by atoms with Crippen molar-refractivity contribution in [3.05, 3.63) is 12.2 Å². The highest BCUT2D eigenvalue weighted by molar-refractivity contribution is 7.81. The van der Waals surface area contributed by atoms with Gasteiger partial charge in [0.2, 0.25) is 11.8 Å². The smallest absolute Gasteiger partial charge is 0.232 e. The summed E-state index contributed by atoms with van der Waals surface area (Å²) in [4.78, 5) is 14.8. The highest BCUT2D eigenvalue weighted by atomic mass is 32.1. The molecule has 0 fully saturated rings. The molecule has 0 radical (unpaired) electrons. The van der Waals surface area contributed by atoms with Crippen molar-refractivity contribution in [2.45, 2.75) is 18.6 Å². The van der Waals surface area contributed by atoms with Crippen molar-refractivity contribution in [1.29, 1.82) is 0 Å². The Balaban J connectivity index is 2.18. The molecule has 0 aliphatic carbocycles. The fourth-order valence-electron chi connectivity index (χ4n) is 0.746. The summed E-state index contributed by atoms with van der Waals surface area (Å²) in [6, 6.07) is 0. The van der Waals surface area contributed by atoms with Crippen molar-refractivity contribution in [2.24, 2.45) is 0 Å². The molecule has 13 heavy (non-hydrogen) atoms. The van der Waals surface area contributed by atoms with E-state index in [9.17, 15) is 4.79 Å². The third-order valence-corrected chi connectivity index (χ3v) is 1.66. The Kier molecular flexibility index (Phi) is 3.75. The van der Waals surface area contributed by atoms with Crippen LogP contribution in [0.3, 0.4) is 0 Å². The molecule has 0 aliphatic heterocycles. The summed E-state index contributed by atoms with van der Waals surface area (Å²) in [5.74, 6) is 0.426. The minimum Gasteiger partial charge on any atom is -0.355 e. The van der Waals surface area contributed by atoms with Gasteiger partial charge in [-0.05, 0) is 6.92 Å². The van der Waals surface area contributed by atoms with Crippen LogP contribution in [0.4, 0.5) is 0 Å². The zero-order valence-corrected chi connectivity index (χ0v) is 8.12. The molecule has 0 aromatic carbocycles. The molecule has 1 rings (SSSR count). The van der Waals surface area contributed by atoms with Crippen LogP contribution in [0.15, 0.2) is 10.9 Å². The first kappa shape index (κ1) is 10.0. The molecule has 0 bridgehead atoms. The highest BCUT2D eigenvalue weighted by Crippen LogP contribution is 1.93. The van der Waals surface area contributed by atoms with Crippen molar-refractivity contribution < 1.29 is 9.32 Å². The molecule has 1 atom stereocenters. The molecule has 1 heterocycles. The van der Waals surface area contributed by atoms with Gasteiger partial charge in [0, 0.05) is 13.0 Å². The maximum absolute atomic E-state index is 11.0. The summed E-state index contributed by atoms with van der Waals surface area (Å²) in [5.41, 5.74) is 0. The highest BCUT2D eigenvalue weighted by Gasteiger charge is 2.06. The Hall–Kier alpha value is -1.04. The Bertz CT molecular complexity index is 261. The van der Waals surface area contributed by atoms with E-state index in [4.69, 9.17) is 4.52 Å². The molecule has 6 heteroatoms. The van der Waals surface area contributed by atoms with E-state index in [2.05, 4.69) is 28.1 Å². The average molecular weight is 201 g/mol. The average Bonchev–Trinajstić information content (AvgIpc) is 2.56. The second kappa shape index (κ2) is 4.86. The minimum atomic E-state index is -0.289. The van der Waals surface area contributed by atoms with Crippen LogP contribution in [0.5, 0.6) is 0 Å². The van der Waals surface area contributed by atoms with Crippen LogP contribution in [0, 0.1) is 0 Å². The molecule has 1 aromatic heterocycles. The summed E-state index contributed by atoms with van der Waals surface area (Å²) in [6.07, 6.45) is 1.88. The molecule has 0 saturated carbocycles. The SMILES string of the molecule is CC(S)C(=O)NCCc1ncno1. The molecule has 0 aliphatic rings. The standard InChI is InChI=1S/C7H11N3O2S/c1-5(13)7(11)8-3-2-6-9-4-10-12-6/h4-5,13H,2-3H2,1H3,(H,8,11). The van der Waals surface area contributed by atoms with Gasteiger partial charge in [0.1, 0.15) is 0 Å². The van der Waals surface area contributed by atoms with Crippen LogP contribution < -0.4 is 5.32 Å². The Morgan fingerprint density at radius 3 is 3.15 bits per heavy atom. The summed E-state index contributed by atoms with van der Waals surface area (Å²) < 4.78 is 4.74. The van der Waals surface area contributed by atoms with E-state index in [1.807, 2.05) is 0 Å². The number of carbonyl (C=O) groups is 1. The van der Waals surface area contributed by atoms with E-state index in [0.717, 1.165) is 0 Å². The fourth-order valence-corrected chi connectivity index (χ4v) is 0.838. The number of hydrogen-bond donors (Lipinski definition) is 2. The first-order valence-corrected chi connectivity index (χ1v) is 4.43. The third kappa shape index (κ3) is 3.45. The van der Waals surface area contributed by atoms with Gasteiger partial charge in [0.25, 0.3) is 0 Å². The normalized spacial score (nSPS) is 12.5. The van der Waals surface area contributed by atoms with Crippen molar-refractivity contribution in [2.75, 3.05) is 6.54 Å². The molecule has 0 spiro atoms. The molecule has 1 amide bonds. The summed E-state index contributed by atoms with van der Waals surface area (Å²) in [7, 11) is 0. The predicted molar refractivity (Wildman–Crippen MR) is 49.5 cm³/mol. The lowest BCUT2D eigenvalue weighted by atomic mass is 10.4. The lowest BCUT2D eigenvalue weighted by molar-refractivity contribution is -0.120. The van der Waals surface area contributed by atoms with E-state index in [0.29, 0.717) is 18.9 Å². The van der Waals surface area contributed by atoms with Crippen molar-refractivity contribution >= 4 is 18.5 Å². The second-order valence-electron chi connectivity index (χ2n) is 2.55. The second-order valence-corrected chi connectivity index (χ2v) is 3.33. The van der Waals surface area contributed by atoms with E-state index in [1.165, 1.54) is 6.33 Å². The summed E-state index contributed by atoms with van der Waals surface area (Å²) in [6.45, 7) is 2.21. The van der Waals surface area contributed by atoms with Crippen LogP contribution in [0.2, 0.25) is 0 Å². The predicted octanol–water partition coefficient (Wildman–Crippen LogP) is 0.0466. The van der Waals surface area contributed by atoms with Gasteiger partial charge < -0.3 is 9.84 Å². The van der Waals surface area contributed by atoms with Crippen LogP contribution in [0.25, 0.3) is 0 Å². The van der Waals surface area contributed by atoms with Gasteiger partial charge >= 0.3 is 0 Å². The molecule has 72 valence electrons. The van der Waals surface area contributed by atoms with Crippen LogP contribution in [-0.2, 0) is 11.2 Å². The van der Waals surface area contributed by atoms with E-state index in [-0.39, 0.29) is 11.2 Å². The largest absolute Gasteiger partial charge is 0.355 e. The number of amides is 1. The molecular weight excluding hydrogens is 190 g/mol. The number of carbonyl (C=O) groups excluding carboxylic acids is 1. The summed E-state index contributed by atoms with van der Waals surface area (Å²) >= 11 is 3.98. The van der Waals surface area contributed by atoms with Gasteiger partial charge in [-0.15, -0.1) is 0 Å². The number of rotatable bonds is 4. The van der Waals surface area contributed by atoms with Crippen LogP contribution >= 0.6 is 12.6 Å². The van der Waals surface area contributed by atoms with Crippen molar-refractivity contribution in [1.82, 2.24) is 15.5 Å². The van der Waals surface area contributed by atoms with E-state index in [1.54, 1.807) is 6.92 Å². The third-order valence-electron chi connectivity index (χ3n) is 1.42. The fraction of sp³-hybridized carbons (Fsp3) is 0.571. The number of aromatic nitrogens is 2. The monoisotopic (exact) mass is 201 g/mol. The van der Waals surface area contributed by atoms with Gasteiger partial charge in [-0.25, -0.2) is 0 Å². The van der Waals surface area contributed by atoms with E-state index >= 15 is 0 Å². The van der Waals surface area contributed by atoms with Gasteiger partial charge in [-0.2, -0.15) is 17.6 Å². The molecular formula is C7H11N3O2S. The van der Waals surface area contributed by atoms with Gasteiger partial charge in [-0.1, -0.05) is 5.16 Å². The Morgan fingerprint density at radius 2 is 2.62 bits per heavy atom. The maximum Gasteiger partial charge on any atom is 0.232 e. The number of nitrogens with one attached hydrogen (secondary N) is 1. The molecule has 1 unspecified atom stereocenters. The first-order valence-electron chi connectivity index (χ1n) is 3.91. The number of hydrogen-bond acceptors (Lipinski definition) is 5. The maximum atomic E-state index is 11.0. The van der Waals surface area contributed by atoms with Crippen LogP contribution in [0.1, 0.15) is 12.8 Å². The Morgan fingerprint density at radius 1 is 1.85 bits per heavy atom. The zero-order chi connectivity index (χ0) is 9.68. The zero-order valence-electron chi connectivity index (χ0n) is 7.23. The summed E-state index contributed by atoms with van der Waals surface area (Å²) in [5, 5.41) is 5.83. The molecule has 5 nitrogen and oxygen atoms in total. The van der Waals surface area contributed by atoms with Crippen molar-refractivity contribution in [3.8, 4) is 0 Å². The number of nitrogens with zero attached hydrogens (tertiary/aromatic N) is 2. The molecule has 1 aromatic rings. The van der Waals surface area contributed by atoms with Crippen LogP contribution in [-0.4, -0.2) is 27.8 Å². The topological polar surface area (TPSA) is 68.0 Å².